The Hall–Kier alpha value is -0.180. The van der Waals surface area contributed by atoms with Gasteiger partial charge in [0.2, 0.25) is 0 Å². The zero-order chi connectivity index (χ0) is 14.6. The first kappa shape index (κ1) is 16.2. The van der Waals surface area contributed by atoms with E-state index in [2.05, 4.69) is 37.6 Å². The lowest BCUT2D eigenvalue weighted by Crippen LogP contribution is -2.46. The largest absolute Gasteiger partial charge is 0.313 e. The minimum atomic E-state index is 0.422. The van der Waals surface area contributed by atoms with Gasteiger partial charge in [-0.25, -0.2) is 0 Å². The summed E-state index contributed by atoms with van der Waals surface area (Å²) in [6.45, 7) is 5.75. The van der Waals surface area contributed by atoms with Crippen LogP contribution in [0.1, 0.15) is 51.0 Å². The summed E-state index contributed by atoms with van der Waals surface area (Å²) in [5, 5.41) is 4.61. The Labute approximate surface area is 132 Å². The van der Waals surface area contributed by atoms with E-state index in [1.807, 2.05) is 23.9 Å². The SMILES string of the molecule is CCC(CC)(CNC1CC(c2ccc(Cl)cc2)C1)SC. The molecule has 0 atom stereocenters. The Morgan fingerprint density at radius 1 is 1.20 bits per heavy atom. The van der Waals surface area contributed by atoms with E-state index < -0.39 is 0 Å². The number of hydrogen-bond donors (Lipinski definition) is 1. The summed E-state index contributed by atoms with van der Waals surface area (Å²) in [5.74, 6) is 0.719. The maximum Gasteiger partial charge on any atom is 0.0406 e. The lowest BCUT2D eigenvalue weighted by molar-refractivity contribution is 0.279. The maximum atomic E-state index is 5.94. The van der Waals surface area contributed by atoms with Crippen molar-refractivity contribution in [2.45, 2.75) is 56.2 Å². The Morgan fingerprint density at radius 3 is 2.30 bits per heavy atom. The van der Waals surface area contributed by atoms with Crippen LogP contribution in [0.5, 0.6) is 0 Å². The molecule has 1 aromatic carbocycles. The second-order valence-electron chi connectivity index (χ2n) is 5.89. The molecule has 1 fully saturated rings. The fourth-order valence-corrected chi connectivity index (χ4v) is 3.91. The Bertz CT molecular complexity index is 399. The Balaban J connectivity index is 1.78. The second kappa shape index (κ2) is 7.20. The van der Waals surface area contributed by atoms with E-state index in [0.717, 1.165) is 17.5 Å². The molecule has 1 nitrogen and oxygen atoms in total. The summed E-state index contributed by atoms with van der Waals surface area (Å²) in [7, 11) is 0. The quantitative estimate of drug-likeness (QED) is 0.752. The van der Waals surface area contributed by atoms with Crippen molar-refractivity contribution in [3.05, 3.63) is 34.9 Å². The van der Waals surface area contributed by atoms with Crippen molar-refractivity contribution >= 4 is 23.4 Å². The minimum Gasteiger partial charge on any atom is -0.313 e. The van der Waals surface area contributed by atoms with Crippen molar-refractivity contribution in [1.82, 2.24) is 5.32 Å². The summed E-state index contributed by atoms with van der Waals surface area (Å²) >= 11 is 7.95. The molecule has 1 N–H and O–H groups in total. The molecule has 1 aromatic rings. The normalized spacial score (nSPS) is 22.6. The van der Waals surface area contributed by atoms with E-state index in [0.29, 0.717) is 10.8 Å². The van der Waals surface area contributed by atoms with Crippen molar-refractivity contribution in [2.24, 2.45) is 0 Å². The number of halogens is 1. The molecule has 1 aliphatic carbocycles. The average Bonchev–Trinajstić information content (AvgIpc) is 2.44. The first-order valence-electron chi connectivity index (χ1n) is 7.66. The first-order valence-corrected chi connectivity index (χ1v) is 9.26. The molecule has 0 heterocycles. The highest BCUT2D eigenvalue weighted by Gasteiger charge is 2.32. The molecule has 0 aromatic heterocycles. The van der Waals surface area contributed by atoms with Crippen LogP contribution in [-0.2, 0) is 0 Å². The molecule has 0 bridgehead atoms. The van der Waals surface area contributed by atoms with Gasteiger partial charge in [-0.1, -0.05) is 37.6 Å². The second-order valence-corrected chi connectivity index (χ2v) is 7.60. The third kappa shape index (κ3) is 3.72. The highest BCUT2D eigenvalue weighted by atomic mass is 35.5. The van der Waals surface area contributed by atoms with Crippen LogP contribution in [0.15, 0.2) is 24.3 Å². The third-order valence-corrected chi connectivity index (χ3v) is 6.75. The summed E-state index contributed by atoms with van der Waals surface area (Å²) in [6, 6.07) is 9.05. The molecular formula is C17H26ClNS. The van der Waals surface area contributed by atoms with E-state index in [1.165, 1.54) is 31.2 Å². The van der Waals surface area contributed by atoms with E-state index in [1.54, 1.807) is 0 Å². The molecule has 1 aliphatic rings. The zero-order valence-electron chi connectivity index (χ0n) is 12.8. The van der Waals surface area contributed by atoms with Gasteiger partial charge >= 0.3 is 0 Å². The molecule has 0 amide bonds. The van der Waals surface area contributed by atoms with Gasteiger partial charge in [-0.3, -0.25) is 0 Å². The van der Waals surface area contributed by atoms with Crippen LogP contribution in [0, 0.1) is 0 Å². The molecule has 0 spiro atoms. The Kier molecular flexibility index (Phi) is 5.83. The summed E-state index contributed by atoms with van der Waals surface area (Å²) in [4.78, 5) is 0. The lowest BCUT2D eigenvalue weighted by atomic mass is 9.75. The van der Waals surface area contributed by atoms with Crippen molar-refractivity contribution in [2.75, 3.05) is 12.8 Å². The predicted molar refractivity (Wildman–Crippen MR) is 92.0 cm³/mol. The smallest absolute Gasteiger partial charge is 0.0406 e. The van der Waals surface area contributed by atoms with Gasteiger partial charge in [-0.15, -0.1) is 0 Å². The topological polar surface area (TPSA) is 12.0 Å². The molecule has 0 unspecified atom stereocenters. The minimum absolute atomic E-state index is 0.422. The molecule has 2 rings (SSSR count). The zero-order valence-corrected chi connectivity index (χ0v) is 14.4. The Morgan fingerprint density at radius 2 is 1.80 bits per heavy atom. The molecule has 0 aliphatic heterocycles. The number of hydrogen-bond acceptors (Lipinski definition) is 2. The number of benzene rings is 1. The molecule has 1 saturated carbocycles. The van der Waals surface area contributed by atoms with Gasteiger partial charge in [0.25, 0.3) is 0 Å². The van der Waals surface area contributed by atoms with Gasteiger partial charge in [0, 0.05) is 22.4 Å². The average molecular weight is 312 g/mol. The molecule has 20 heavy (non-hydrogen) atoms. The van der Waals surface area contributed by atoms with Crippen molar-refractivity contribution in [1.29, 1.82) is 0 Å². The van der Waals surface area contributed by atoms with Crippen LogP contribution in [0.3, 0.4) is 0 Å². The van der Waals surface area contributed by atoms with Crippen LogP contribution >= 0.6 is 23.4 Å². The van der Waals surface area contributed by atoms with Gasteiger partial charge in [0.15, 0.2) is 0 Å². The highest BCUT2D eigenvalue weighted by molar-refractivity contribution is 8.00. The van der Waals surface area contributed by atoms with Gasteiger partial charge in [0.1, 0.15) is 0 Å². The van der Waals surface area contributed by atoms with E-state index in [9.17, 15) is 0 Å². The van der Waals surface area contributed by atoms with Crippen LogP contribution < -0.4 is 5.32 Å². The summed E-state index contributed by atoms with van der Waals surface area (Å²) < 4.78 is 0.422. The number of rotatable bonds is 7. The monoisotopic (exact) mass is 311 g/mol. The molecule has 112 valence electrons. The summed E-state index contributed by atoms with van der Waals surface area (Å²) in [6.07, 6.45) is 7.25. The maximum absolute atomic E-state index is 5.94. The molecule has 0 radical (unpaired) electrons. The van der Waals surface area contributed by atoms with Crippen LogP contribution in [0.25, 0.3) is 0 Å². The molecule has 0 saturated heterocycles. The standard InChI is InChI=1S/C17H26ClNS/c1-4-17(5-2,20-3)12-19-16-10-14(11-16)13-6-8-15(18)9-7-13/h6-9,14,16,19H,4-5,10-12H2,1-3H3. The van der Waals surface area contributed by atoms with E-state index >= 15 is 0 Å². The van der Waals surface area contributed by atoms with Gasteiger partial charge in [0.05, 0.1) is 0 Å². The predicted octanol–water partition coefficient (Wildman–Crippen LogP) is 5.10. The summed E-state index contributed by atoms with van der Waals surface area (Å²) in [5.41, 5.74) is 1.44. The van der Waals surface area contributed by atoms with E-state index in [4.69, 9.17) is 11.6 Å². The number of nitrogens with one attached hydrogen (secondary N) is 1. The first-order chi connectivity index (χ1) is 9.62. The van der Waals surface area contributed by atoms with Crippen molar-refractivity contribution in [3.63, 3.8) is 0 Å². The van der Waals surface area contributed by atoms with Crippen molar-refractivity contribution in [3.8, 4) is 0 Å². The number of thioether (sulfide) groups is 1. The van der Waals surface area contributed by atoms with Crippen molar-refractivity contribution < 1.29 is 0 Å². The lowest BCUT2D eigenvalue weighted by Gasteiger charge is -2.39. The highest BCUT2D eigenvalue weighted by Crippen LogP contribution is 2.38. The van der Waals surface area contributed by atoms with Crippen LogP contribution in [-0.4, -0.2) is 23.6 Å². The fraction of sp³-hybridized carbons (Fsp3) is 0.647. The van der Waals surface area contributed by atoms with Gasteiger partial charge in [-0.05, 0) is 55.6 Å². The van der Waals surface area contributed by atoms with Gasteiger partial charge < -0.3 is 5.32 Å². The van der Waals surface area contributed by atoms with Crippen LogP contribution in [0.4, 0.5) is 0 Å². The van der Waals surface area contributed by atoms with E-state index in [-0.39, 0.29) is 0 Å². The van der Waals surface area contributed by atoms with Crippen LogP contribution in [0.2, 0.25) is 5.02 Å². The molecule has 3 heteroatoms. The molecular weight excluding hydrogens is 286 g/mol. The third-order valence-electron chi connectivity index (χ3n) is 4.91. The fourth-order valence-electron chi connectivity index (χ4n) is 2.98. The van der Waals surface area contributed by atoms with Gasteiger partial charge in [-0.2, -0.15) is 11.8 Å².